The molecule has 0 spiro atoms. The first-order valence-electron chi connectivity index (χ1n) is 6.59. The Bertz CT molecular complexity index is 661. The van der Waals surface area contributed by atoms with Crippen LogP contribution in [0.1, 0.15) is 10.4 Å². The molecule has 4 nitrogen and oxygen atoms in total. The fourth-order valence-electron chi connectivity index (χ4n) is 1.82. The Hall–Kier alpha value is -1.72. The second-order valence-electron chi connectivity index (χ2n) is 4.69. The van der Waals surface area contributed by atoms with E-state index in [-0.39, 0.29) is 17.2 Å². The smallest absolute Gasteiger partial charge is 0.257 e. The van der Waals surface area contributed by atoms with E-state index in [1.807, 2.05) is 0 Å². The van der Waals surface area contributed by atoms with E-state index in [1.54, 1.807) is 43.4 Å². The standard InChI is InChI=1S/C16H15BrClNO3/c1-19(8-9-22-13-5-3-12(18)4-6-13)16(21)14-7-2-11(17)10-15(14)20/h2-7,10,20H,8-9H2,1H3. The minimum absolute atomic E-state index is 0.0511. The minimum Gasteiger partial charge on any atom is -0.507 e. The third-order valence-electron chi connectivity index (χ3n) is 3.05. The van der Waals surface area contributed by atoms with Gasteiger partial charge in [0, 0.05) is 16.5 Å². The molecule has 0 atom stereocenters. The molecule has 0 unspecified atom stereocenters. The van der Waals surface area contributed by atoms with E-state index in [0.717, 1.165) is 4.47 Å². The summed E-state index contributed by atoms with van der Waals surface area (Å²) in [5.74, 6) is 0.381. The van der Waals surface area contributed by atoms with Crippen LogP contribution in [0, 0.1) is 0 Å². The van der Waals surface area contributed by atoms with Gasteiger partial charge in [-0.1, -0.05) is 27.5 Å². The maximum atomic E-state index is 12.2. The highest BCUT2D eigenvalue weighted by Gasteiger charge is 2.15. The van der Waals surface area contributed by atoms with Crippen LogP contribution in [-0.4, -0.2) is 36.1 Å². The van der Waals surface area contributed by atoms with Crippen LogP contribution in [0.3, 0.4) is 0 Å². The fourth-order valence-corrected chi connectivity index (χ4v) is 2.30. The summed E-state index contributed by atoms with van der Waals surface area (Å²) in [5, 5.41) is 10.5. The molecule has 1 amide bonds. The van der Waals surface area contributed by atoms with Crippen LogP contribution >= 0.6 is 27.5 Å². The van der Waals surface area contributed by atoms with E-state index in [0.29, 0.717) is 23.9 Å². The van der Waals surface area contributed by atoms with Gasteiger partial charge in [0.15, 0.2) is 0 Å². The van der Waals surface area contributed by atoms with Gasteiger partial charge in [0.1, 0.15) is 18.1 Å². The number of rotatable bonds is 5. The molecular weight excluding hydrogens is 370 g/mol. The van der Waals surface area contributed by atoms with Crippen LogP contribution in [0.2, 0.25) is 5.02 Å². The second kappa shape index (κ2) is 7.51. The molecule has 0 aliphatic carbocycles. The number of phenols is 1. The number of hydrogen-bond donors (Lipinski definition) is 1. The van der Waals surface area contributed by atoms with Crippen molar-refractivity contribution in [2.45, 2.75) is 0 Å². The van der Waals surface area contributed by atoms with Gasteiger partial charge in [-0.15, -0.1) is 0 Å². The molecule has 2 aromatic rings. The summed E-state index contributed by atoms with van der Waals surface area (Å²) in [7, 11) is 1.66. The number of amides is 1. The number of halogens is 2. The van der Waals surface area contributed by atoms with Gasteiger partial charge >= 0.3 is 0 Å². The van der Waals surface area contributed by atoms with E-state index in [4.69, 9.17) is 16.3 Å². The highest BCUT2D eigenvalue weighted by Crippen LogP contribution is 2.23. The van der Waals surface area contributed by atoms with Crippen LogP contribution in [0.15, 0.2) is 46.9 Å². The number of aromatic hydroxyl groups is 1. The number of carbonyl (C=O) groups excluding carboxylic acids is 1. The molecule has 0 aromatic heterocycles. The molecule has 0 fully saturated rings. The third-order valence-corrected chi connectivity index (χ3v) is 3.79. The summed E-state index contributed by atoms with van der Waals surface area (Å²) in [6, 6.07) is 11.8. The molecule has 0 heterocycles. The molecule has 0 aliphatic heterocycles. The Morgan fingerprint density at radius 1 is 1.27 bits per heavy atom. The zero-order chi connectivity index (χ0) is 16.1. The summed E-state index contributed by atoms with van der Waals surface area (Å²) in [6.07, 6.45) is 0. The third kappa shape index (κ3) is 4.39. The Balaban J connectivity index is 1.90. The molecule has 2 aromatic carbocycles. The van der Waals surface area contributed by atoms with Crippen molar-refractivity contribution in [1.82, 2.24) is 4.90 Å². The predicted molar refractivity (Wildman–Crippen MR) is 89.7 cm³/mol. The zero-order valence-corrected chi connectivity index (χ0v) is 14.3. The maximum Gasteiger partial charge on any atom is 0.257 e. The summed E-state index contributed by atoms with van der Waals surface area (Å²) < 4.78 is 6.26. The van der Waals surface area contributed by atoms with Crippen LogP contribution in [0.4, 0.5) is 0 Å². The van der Waals surface area contributed by atoms with E-state index >= 15 is 0 Å². The van der Waals surface area contributed by atoms with Gasteiger partial charge in [0.2, 0.25) is 0 Å². The highest BCUT2D eigenvalue weighted by molar-refractivity contribution is 9.10. The average Bonchev–Trinajstić information content (AvgIpc) is 2.48. The molecule has 6 heteroatoms. The van der Waals surface area contributed by atoms with Crippen LogP contribution < -0.4 is 4.74 Å². The maximum absolute atomic E-state index is 12.2. The molecule has 2 rings (SSSR count). The lowest BCUT2D eigenvalue weighted by Crippen LogP contribution is -2.30. The van der Waals surface area contributed by atoms with E-state index in [1.165, 1.54) is 11.0 Å². The molecule has 0 radical (unpaired) electrons. The van der Waals surface area contributed by atoms with E-state index in [2.05, 4.69) is 15.9 Å². The molecule has 0 aliphatic rings. The quantitative estimate of drug-likeness (QED) is 0.849. The van der Waals surface area contributed by atoms with Gasteiger partial charge in [0.25, 0.3) is 5.91 Å². The van der Waals surface area contributed by atoms with Gasteiger partial charge in [-0.3, -0.25) is 4.79 Å². The Kier molecular flexibility index (Phi) is 5.69. The summed E-state index contributed by atoms with van der Waals surface area (Å²) in [4.78, 5) is 13.7. The lowest BCUT2D eigenvalue weighted by Gasteiger charge is -2.18. The summed E-state index contributed by atoms with van der Waals surface area (Å²) in [6.45, 7) is 0.748. The van der Waals surface area contributed by atoms with Gasteiger partial charge < -0.3 is 14.7 Å². The number of likely N-dealkylation sites (N-methyl/N-ethyl adjacent to an activating group) is 1. The van der Waals surface area contributed by atoms with Crippen molar-refractivity contribution < 1.29 is 14.6 Å². The highest BCUT2D eigenvalue weighted by atomic mass is 79.9. The topological polar surface area (TPSA) is 49.8 Å². The molecule has 0 bridgehead atoms. The first-order valence-corrected chi connectivity index (χ1v) is 7.77. The van der Waals surface area contributed by atoms with Gasteiger partial charge in [0.05, 0.1) is 12.1 Å². The number of ether oxygens (including phenoxy) is 1. The summed E-state index contributed by atoms with van der Waals surface area (Å²) in [5.41, 5.74) is 0.261. The van der Waals surface area contributed by atoms with Gasteiger partial charge in [-0.2, -0.15) is 0 Å². The van der Waals surface area contributed by atoms with E-state index in [9.17, 15) is 9.90 Å². The van der Waals surface area contributed by atoms with Crippen molar-refractivity contribution in [1.29, 1.82) is 0 Å². The lowest BCUT2D eigenvalue weighted by molar-refractivity contribution is 0.0771. The van der Waals surface area contributed by atoms with Gasteiger partial charge in [-0.05, 0) is 42.5 Å². The Morgan fingerprint density at radius 3 is 2.59 bits per heavy atom. The van der Waals surface area contributed by atoms with Crippen molar-refractivity contribution in [2.75, 3.05) is 20.2 Å². The van der Waals surface area contributed by atoms with Gasteiger partial charge in [-0.25, -0.2) is 0 Å². The number of hydrogen-bond acceptors (Lipinski definition) is 3. The summed E-state index contributed by atoms with van der Waals surface area (Å²) >= 11 is 9.04. The number of phenolic OH excluding ortho intramolecular Hbond substituents is 1. The molecule has 22 heavy (non-hydrogen) atoms. The van der Waals surface area contributed by atoms with Crippen molar-refractivity contribution in [3.63, 3.8) is 0 Å². The predicted octanol–water partition coefficient (Wildman–Crippen LogP) is 3.96. The zero-order valence-electron chi connectivity index (χ0n) is 11.9. The Morgan fingerprint density at radius 2 is 1.95 bits per heavy atom. The van der Waals surface area contributed by atoms with Crippen molar-refractivity contribution in [3.05, 3.63) is 57.5 Å². The first-order chi connectivity index (χ1) is 10.5. The molecular formula is C16H15BrClNO3. The average molecular weight is 385 g/mol. The molecule has 1 N–H and O–H groups in total. The van der Waals surface area contributed by atoms with Crippen molar-refractivity contribution in [2.24, 2.45) is 0 Å². The fraction of sp³-hybridized carbons (Fsp3) is 0.188. The van der Waals surface area contributed by atoms with E-state index < -0.39 is 0 Å². The molecule has 0 saturated heterocycles. The second-order valence-corrected chi connectivity index (χ2v) is 6.04. The van der Waals surface area contributed by atoms with Crippen LogP contribution in [-0.2, 0) is 0 Å². The van der Waals surface area contributed by atoms with Crippen molar-refractivity contribution in [3.8, 4) is 11.5 Å². The SMILES string of the molecule is CN(CCOc1ccc(Cl)cc1)C(=O)c1ccc(Br)cc1O. The largest absolute Gasteiger partial charge is 0.507 e. The first kappa shape index (κ1) is 16.6. The number of benzene rings is 2. The molecule has 0 saturated carbocycles. The number of carbonyl (C=O) groups is 1. The minimum atomic E-state index is -0.260. The van der Waals surface area contributed by atoms with Crippen LogP contribution in [0.5, 0.6) is 11.5 Å². The Labute approximate surface area is 142 Å². The van der Waals surface area contributed by atoms with Crippen molar-refractivity contribution >= 4 is 33.4 Å². The lowest BCUT2D eigenvalue weighted by atomic mass is 10.2. The normalized spacial score (nSPS) is 10.3. The van der Waals surface area contributed by atoms with Crippen LogP contribution in [0.25, 0.3) is 0 Å². The monoisotopic (exact) mass is 383 g/mol. The number of nitrogens with zero attached hydrogens (tertiary/aromatic N) is 1. The molecule has 116 valence electrons.